The number of hydrogen-bond acceptors (Lipinski definition) is 6. The van der Waals surface area contributed by atoms with Crippen LogP contribution in [0.4, 0.5) is 0 Å². The molecule has 1 aromatic rings. The van der Waals surface area contributed by atoms with Crippen molar-refractivity contribution in [2.45, 2.75) is 18.5 Å². The maximum atomic E-state index is 12.1. The minimum absolute atomic E-state index is 0.0651. The fourth-order valence-electron chi connectivity index (χ4n) is 2.60. The van der Waals surface area contributed by atoms with Gasteiger partial charge in [0.25, 0.3) is 5.91 Å². The quantitative estimate of drug-likeness (QED) is 0.530. The Morgan fingerprint density at radius 2 is 2.43 bits per heavy atom. The summed E-state index contributed by atoms with van der Waals surface area (Å²) in [5.41, 5.74) is 1.19. The second-order valence-corrected chi connectivity index (χ2v) is 5.84. The third-order valence-electron chi connectivity index (χ3n) is 3.63. The number of nitrogens with zero attached hydrogens (tertiary/aromatic N) is 3. The van der Waals surface area contributed by atoms with Gasteiger partial charge in [0.1, 0.15) is 17.8 Å². The lowest BCUT2D eigenvalue weighted by Crippen LogP contribution is -2.52. The van der Waals surface area contributed by atoms with Crippen molar-refractivity contribution in [1.29, 1.82) is 0 Å². The normalized spacial score (nSPS) is 25.4. The van der Waals surface area contributed by atoms with E-state index in [2.05, 4.69) is 4.98 Å². The van der Waals surface area contributed by atoms with Gasteiger partial charge in [-0.3, -0.25) is 9.69 Å². The monoisotopic (exact) mass is 304 g/mol. The first kappa shape index (κ1) is 12.7. The number of fused-ring (bicyclic) bond motifs is 2. The number of thioether (sulfide) groups is 1. The molecule has 21 heavy (non-hydrogen) atoms. The molecule has 0 unspecified atom stereocenters. The van der Waals surface area contributed by atoms with E-state index in [1.165, 1.54) is 22.1 Å². The average Bonchev–Trinajstić information content (AvgIpc) is 3.05. The highest BCUT2D eigenvalue weighted by atomic mass is 32.2. The van der Waals surface area contributed by atoms with Crippen LogP contribution in [0, 0.1) is 0 Å². The predicted molar refractivity (Wildman–Crippen MR) is 71.2 cm³/mol. The molecule has 0 saturated carbocycles. The third kappa shape index (κ3) is 1.83. The Bertz CT molecular complexity index is 697. The van der Waals surface area contributed by atoms with E-state index in [9.17, 15) is 14.7 Å². The maximum absolute atomic E-state index is 12.1. The first-order chi connectivity index (χ1) is 10.1. The summed E-state index contributed by atoms with van der Waals surface area (Å²) in [4.78, 5) is 28.6. The number of β-lactam (4-membered cyclic amide) rings is 1. The zero-order valence-electron chi connectivity index (χ0n) is 10.8. The molecular formula is C13H10N3O4S-. The van der Waals surface area contributed by atoms with Crippen molar-refractivity contribution in [3.8, 4) is 0 Å². The molecule has 1 saturated heterocycles. The minimum Gasteiger partial charge on any atom is -0.543 e. The number of imidazole rings is 1. The van der Waals surface area contributed by atoms with Gasteiger partial charge in [-0.05, 0) is 11.5 Å². The Balaban J connectivity index is 1.60. The summed E-state index contributed by atoms with van der Waals surface area (Å²) < 4.78 is 7.33. The van der Waals surface area contributed by atoms with Crippen molar-refractivity contribution >= 4 is 29.7 Å². The van der Waals surface area contributed by atoms with Crippen molar-refractivity contribution in [2.24, 2.45) is 0 Å². The van der Waals surface area contributed by atoms with Gasteiger partial charge < -0.3 is 19.2 Å². The fourth-order valence-corrected chi connectivity index (χ4v) is 3.71. The van der Waals surface area contributed by atoms with Crippen LogP contribution in [0.3, 0.4) is 0 Å². The van der Waals surface area contributed by atoms with E-state index in [0.717, 1.165) is 12.4 Å². The van der Waals surface area contributed by atoms with E-state index in [1.807, 2.05) is 10.8 Å². The number of ether oxygens (including phenoxy) is 1. The Hall–Kier alpha value is -2.06. The fraction of sp³-hybridized carbons (Fsp3) is 0.308. The van der Waals surface area contributed by atoms with E-state index in [-0.39, 0.29) is 17.0 Å². The van der Waals surface area contributed by atoms with Crippen molar-refractivity contribution in [3.63, 3.8) is 0 Å². The number of rotatable bonds is 2. The highest BCUT2D eigenvalue weighted by molar-refractivity contribution is 8.03. The summed E-state index contributed by atoms with van der Waals surface area (Å²) in [6.07, 6.45) is 3.60. The van der Waals surface area contributed by atoms with Gasteiger partial charge in [-0.15, -0.1) is 11.8 Å². The van der Waals surface area contributed by atoms with E-state index in [0.29, 0.717) is 24.5 Å². The highest BCUT2D eigenvalue weighted by Gasteiger charge is 2.47. The van der Waals surface area contributed by atoms with Gasteiger partial charge in [0.05, 0.1) is 29.5 Å². The molecule has 3 aliphatic heterocycles. The smallest absolute Gasteiger partial charge is 0.258 e. The van der Waals surface area contributed by atoms with E-state index in [1.54, 1.807) is 6.08 Å². The molecule has 4 rings (SSSR count). The van der Waals surface area contributed by atoms with Crippen LogP contribution < -0.4 is 5.11 Å². The summed E-state index contributed by atoms with van der Waals surface area (Å²) in [6, 6.07) is 0. The number of hydrogen-bond donors (Lipinski definition) is 0. The molecule has 1 fully saturated rings. The molecular weight excluding hydrogens is 294 g/mol. The number of aromatic nitrogens is 2. The van der Waals surface area contributed by atoms with Gasteiger partial charge in [0.15, 0.2) is 0 Å². The third-order valence-corrected chi connectivity index (χ3v) is 4.71. The molecule has 0 radical (unpaired) electrons. The highest BCUT2D eigenvalue weighted by Crippen LogP contribution is 2.44. The Labute approximate surface area is 123 Å². The van der Waals surface area contributed by atoms with Gasteiger partial charge >= 0.3 is 0 Å². The SMILES string of the molecule is O=C([O-])C1=CS[C@@H]2C(=Cc3cn4c(n3)COCC4)C(=O)N12. The second kappa shape index (κ2) is 4.47. The van der Waals surface area contributed by atoms with Crippen molar-refractivity contribution < 1.29 is 19.4 Å². The van der Waals surface area contributed by atoms with Gasteiger partial charge in [-0.25, -0.2) is 4.98 Å². The molecule has 1 aromatic heterocycles. The summed E-state index contributed by atoms with van der Waals surface area (Å²) >= 11 is 1.29. The van der Waals surface area contributed by atoms with Gasteiger partial charge in [0.2, 0.25) is 0 Å². The van der Waals surface area contributed by atoms with E-state index in [4.69, 9.17) is 4.74 Å². The number of amides is 1. The standard InChI is InChI=1S/C13H11N3O4S/c17-11-8(12-16(11)9(6-21-12)13(18)19)3-7-4-15-1-2-20-5-10(15)14-7/h3-4,6,12H,1-2,5H2,(H,18,19)/p-1/t12-/m1/s1. The lowest BCUT2D eigenvalue weighted by atomic mass is 10.0. The summed E-state index contributed by atoms with van der Waals surface area (Å²) in [7, 11) is 0. The number of aliphatic carboxylic acids is 1. The zero-order valence-corrected chi connectivity index (χ0v) is 11.6. The van der Waals surface area contributed by atoms with Crippen LogP contribution in [0.25, 0.3) is 6.08 Å². The molecule has 4 heterocycles. The summed E-state index contributed by atoms with van der Waals surface area (Å²) in [6.45, 7) is 1.88. The van der Waals surface area contributed by atoms with E-state index < -0.39 is 5.97 Å². The zero-order chi connectivity index (χ0) is 14.6. The molecule has 0 N–H and O–H groups in total. The van der Waals surface area contributed by atoms with Gasteiger partial charge in [-0.2, -0.15) is 0 Å². The molecule has 0 bridgehead atoms. The minimum atomic E-state index is -1.33. The number of carbonyl (C=O) groups is 2. The first-order valence-electron chi connectivity index (χ1n) is 6.41. The number of carbonyl (C=O) groups excluding carboxylic acids is 2. The molecule has 8 heteroatoms. The van der Waals surface area contributed by atoms with Crippen LogP contribution in [0.15, 0.2) is 22.9 Å². The van der Waals surface area contributed by atoms with Crippen LogP contribution in [0.1, 0.15) is 11.5 Å². The summed E-state index contributed by atoms with van der Waals surface area (Å²) in [5.74, 6) is -0.793. The van der Waals surface area contributed by atoms with Crippen molar-refractivity contribution in [3.05, 3.63) is 34.4 Å². The average molecular weight is 304 g/mol. The largest absolute Gasteiger partial charge is 0.543 e. The molecule has 0 spiro atoms. The lowest BCUT2D eigenvalue weighted by Gasteiger charge is -2.38. The molecule has 3 aliphatic rings. The molecule has 1 atom stereocenters. The molecule has 7 nitrogen and oxygen atoms in total. The lowest BCUT2D eigenvalue weighted by molar-refractivity contribution is -0.301. The van der Waals surface area contributed by atoms with Crippen molar-refractivity contribution in [2.75, 3.05) is 6.61 Å². The maximum Gasteiger partial charge on any atom is 0.258 e. The van der Waals surface area contributed by atoms with Crippen LogP contribution in [-0.4, -0.2) is 38.3 Å². The Kier molecular flexibility index (Phi) is 2.69. The van der Waals surface area contributed by atoms with Crippen molar-refractivity contribution in [1.82, 2.24) is 14.5 Å². The summed E-state index contributed by atoms with van der Waals surface area (Å²) in [5, 5.41) is 12.1. The van der Waals surface area contributed by atoms with Crippen LogP contribution in [-0.2, 0) is 27.5 Å². The molecule has 1 amide bonds. The predicted octanol–water partition coefficient (Wildman–Crippen LogP) is -0.697. The van der Waals surface area contributed by atoms with Gasteiger partial charge in [-0.1, -0.05) is 0 Å². The van der Waals surface area contributed by atoms with Crippen LogP contribution >= 0.6 is 11.8 Å². The molecule has 0 aliphatic carbocycles. The Morgan fingerprint density at radius 3 is 3.19 bits per heavy atom. The van der Waals surface area contributed by atoms with Crippen LogP contribution in [0.2, 0.25) is 0 Å². The molecule has 108 valence electrons. The Morgan fingerprint density at radius 1 is 1.57 bits per heavy atom. The first-order valence-corrected chi connectivity index (χ1v) is 7.35. The van der Waals surface area contributed by atoms with Gasteiger partial charge in [0, 0.05) is 12.7 Å². The second-order valence-electron chi connectivity index (χ2n) is 4.88. The van der Waals surface area contributed by atoms with Crippen LogP contribution in [0.5, 0.6) is 0 Å². The number of carboxylic acids is 1. The van der Waals surface area contributed by atoms with E-state index >= 15 is 0 Å². The molecule has 0 aromatic carbocycles. The topological polar surface area (TPSA) is 87.5 Å². The number of carboxylic acid groups (broad SMARTS) is 1.